The normalized spacial score (nSPS) is 10.8. The molecule has 0 radical (unpaired) electrons. The van der Waals surface area contributed by atoms with Crippen LogP contribution in [0, 0.1) is 5.82 Å². The van der Waals surface area contributed by atoms with Crippen LogP contribution in [0.25, 0.3) is 0 Å². The van der Waals surface area contributed by atoms with Gasteiger partial charge in [0, 0.05) is 11.9 Å². The van der Waals surface area contributed by atoms with Crippen molar-refractivity contribution >= 4 is 23.3 Å². The summed E-state index contributed by atoms with van der Waals surface area (Å²) in [6, 6.07) is 11.7. The minimum absolute atomic E-state index is 0.260. The number of anilines is 2. The van der Waals surface area contributed by atoms with E-state index in [1.54, 1.807) is 24.4 Å². The second kappa shape index (κ2) is 7.41. The van der Waals surface area contributed by atoms with Crippen molar-refractivity contribution in [3.05, 3.63) is 66.1 Å². The topological polar surface area (TPSA) is 50.4 Å². The second-order valence-corrected chi connectivity index (χ2v) is 5.06. The fraction of sp³-hybridized carbons (Fsp3) is 0.167. The van der Waals surface area contributed by atoms with Crippen molar-refractivity contribution in [2.45, 2.75) is 19.8 Å². The van der Waals surface area contributed by atoms with Crippen LogP contribution >= 0.6 is 0 Å². The molecule has 0 amide bonds. The molecule has 3 nitrogen and oxygen atoms in total. The summed E-state index contributed by atoms with van der Waals surface area (Å²) in [6.45, 7) is 6.06. The maximum Gasteiger partial charge on any atom is 0.123 e. The van der Waals surface area contributed by atoms with Gasteiger partial charge < -0.3 is 11.1 Å². The first kappa shape index (κ1) is 15.8. The molecule has 0 aliphatic heterocycles. The molecular weight excluding hydrogens is 277 g/mol. The van der Waals surface area contributed by atoms with Crippen LogP contribution in [0.4, 0.5) is 21.5 Å². The average molecular weight is 297 g/mol. The molecule has 0 spiro atoms. The smallest absolute Gasteiger partial charge is 0.123 e. The van der Waals surface area contributed by atoms with Crippen molar-refractivity contribution in [1.29, 1.82) is 0 Å². The largest absolute Gasteiger partial charge is 0.397 e. The minimum Gasteiger partial charge on any atom is -0.397 e. The van der Waals surface area contributed by atoms with Gasteiger partial charge in [0.15, 0.2) is 0 Å². The summed E-state index contributed by atoms with van der Waals surface area (Å²) in [4.78, 5) is 4.35. The summed E-state index contributed by atoms with van der Waals surface area (Å²) in [5, 5.41) is 3.21. The number of nitrogens with one attached hydrogen (secondary N) is 1. The van der Waals surface area contributed by atoms with Gasteiger partial charge in [0.2, 0.25) is 0 Å². The lowest BCUT2D eigenvalue weighted by molar-refractivity contribution is 0.628. The highest BCUT2D eigenvalue weighted by molar-refractivity contribution is 5.83. The van der Waals surface area contributed by atoms with E-state index in [1.165, 1.54) is 12.1 Å². The van der Waals surface area contributed by atoms with E-state index in [0.717, 1.165) is 35.5 Å². The van der Waals surface area contributed by atoms with Gasteiger partial charge in [0.25, 0.3) is 0 Å². The predicted octanol–water partition coefficient (Wildman–Crippen LogP) is 4.88. The van der Waals surface area contributed by atoms with E-state index in [4.69, 9.17) is 5.73 Å². The van der Waals surface area contributed by atoms with Gasteiger partial charge in [-0.25, -0.2) is 4.39 Å². The van der Waals surface area contributed by atoms with Gasteiger partial charge in [-0.15, -0.1) is 0 Å². The number of halogens is 1. The highest BCUT2D eigenvalue weighted by Crippen LogP contribution is 2.26. The fourth-order valence-electron chi connectivity index (χ4n) is 2.00. The van der Waals surface area contributed by atoms with Crippen LogP contribution < -0.4 is 11.1 Å². The van der Waals surface area contributed by atoms with E-state index in [1.807, 2.05) is 12.1 Å². The highest BCUT2D eigenvalue weighted by Gasteiger charge is 2.01. The number of rotatable bonds is 6. The third kappa shape index (κ3) is 4.45. The molecule has 0 fully saturated rings. The first-order chi connectivity index (χ1) is 10.6. The Balaban J connectivity index is 2.08. The fourth-order valence-corrected chi connectivity index (χ4v) is 2.00. The summed E-state index contributed by atoms with van der Waals surface area (Å²) < 4.78 is 12.8. The Morgan fingerprint density at radius 2 is 2.00 bits per heavy atom. The molecular formula is C18H20FN3. The van der Waals surface area contributed by atoms with Crippen LogP contribution in [0.2, 0.25) is 0 Å². The number of allylic oxidation sites excluding steroid dienone is 1. The van der Waals surface area contributed by atoms with Crippen molar-refractivity contribution in [1.82, 2.24) is 0 Å². The third-order valence-electron chi connectivity index (χ3n) is 3.13. The molecule has 2 rings (SSSR count). The SMILES string of the molecule is C=C(CCC)Nc1ccc(N=Cc2ccc(F)cc2)cc1N. The zero-order chi connectivity index (χ0) is 15.9. The van der Waals surface area contributed by atoms with Crippen molar-refractivity contribution < 1.29 is 4.39 Å². The molecule has 0 atom stereocenters. The summed E-state index contributed by atoms with van der Waals surface area (Å²) >= 11 is 0. The van der Waals surface area contributed by atoms with Gasteiger partial charge in [0.1, 0.15) is 5.82 Å². The molecule has 3 N–H and O–H groups in total. The Kier molecular flexibility index (Phi) is 5.31. The Morgan fingerprint density at radius 1 is 1.27 bits per heavy atom. The number of nitrogen functional groups attached to an aromatic ring is 1. The zero-order valence-electron chi connectivity index (χ0n) is 12.6. The highest BCUT2D eigenvalue weighted by atomic mass is 19.1. The van der Waals surface area contributed by atoms with Gasteiger partial charge in [-0.3, -0.25) is 4.99 Å². The maximum atomic E-state index is 12.8. The molecule has 0 aromatic heterocycles. The molecule has 0 saturated carbocycles. The van der Waals surface area contributed by atoms with Crippen LogP contribution in [0.1, 0.15) is 25.3 Å². The van der Waals surface area contributed by atoms with E-state index in [-0.39, 0.29) is 5.82 Å². The van der Waals surface area contributed by atoms with Crippen molar-refractivity contribution in [3.63, 3.8) is 0 Å². The van der Waals surface area contributed by atoms with Gasteiger partial charge in [-0.05, 0) is 42.3 Å². The lowest BCUT2D eigenvalue weighted by atomic mass is 10.2. The van der Waals surface area contributed by atoms with E-state index in [0.29, 0.717) is 5.69 Å². The van der Waals surface area contributed by atoms with Crippen molar-refractivity contribution in [2.75, 3.05) is 11.1 Å². The number of nitrogens with two attached hydrogens (primary N) is 1. The summed E-state index contributed by atoms with van der Waals surface area (Å²) in [5.41, 5.74) is 9.99. The van der Waals surface area contributed by atoms with Gasteiger partial charge in [0.05, 0.1) is 17.1 Å². The molecule has 0 unspecified atom stereocenters. The Bertz CT molecular complexity index is 675. The van der Waals surface area contributed by atoms with Crippen LogP contribution in [0.15, 0.2) is 59.7 Å². The predicted molar refractivity (Wildman–Crippen MR) is 92.2 cm³/mol. The number of aliphatic imine (C=N–C) groups is 1. The number of nitrogens with zero attached hydrogens (tertiary/aromatic N) is 1. The molecule has 2 aromatic rings. The third-order valence-corrected chi connectivity index (χ3v) is 3.13. The molecule has 0 saturated heterocycles. The van der Waals surface area contributed by atoms with Crippen LogP contribution in [-0.4, -0.2) is 6.21 Å². The summed E-state index contributed by atoms with van der Waals surface area (Å²) in [6.07, 6.45) is 3.62. The van der Waals surface area contributed by atoms with Gasteiger partial charge >= 0.3 is 0 Å². The number of hydrogen-bond acceptors (Lipinski definition) is 3. The summed E-state index contributed by atoms with van der Waals surface area (Å²) in [7, 11) is 0. The molecule has 22 heavy (non-hydrogen) atoms. The molecule has 0 heterocycles. The minimum atomic E-state index is -0.260. The Hall–Kier alpha value is -2.62. The summed E-state index contributed by atoms with van der Waals surface area (Å²) in [5.74, 6) is -0.260. The zero-order valence-corrected chi connectivity index (χ0v) is 12.6. The quantitative estimate of drug-likeness (QED) is 0.589. The second-order valence-electron chi connectivity index (χ2n) is 5.06. The lowest BCUT2D eigenvalue weighted by Crippen LogP contribution is -2.00. The van der Waals surface area contributed by atoms with Crippen molar-refractivity contribution in [2.24, 2.45) is 4.99 Å². The Labute approximate surface area is 130 Å². The Morgan fingerprint density at radius 3 is 2.64 bits per heavy atom. The molecule has 4 heteroatoms. The molecule has 0 aliphatic carbocycles. The monoisotopic (exact) mass is 297 g/mol. The number of benzene rings is 2. The number of hydrogen-bond donors (Lipinski definition) is 2. The van der Waals surface area contributed by atoms with Crippen LogP contribution in [0.3, 0.4) is 0 Å². The average Bonchev–Trinajstić information content (AvgIpc) is 2.49. The van der Waals surface area contributed by atoms with Gasteiger partial charge in [-0.2, -0.15) is 0 Å². The first-order valence-corrected chi connectivity index (χ1v) is 7.22. The van der Waals surface area contributed by atoms with Gasteiger partial charge in [-0.1, -0.05) is 32.1 Å². The van der Waals surface area contributed by atoms with Crippen LogP contribution in [-0.2, 0) is 0 Å². The van der Waals surface area contributed by atoms with Crippen molar-refractivity contribution in [3.8, 4) is 0 Å². The van der Waals surface area contributed by atoms with E-state index in [9.17, 15) is 4.39 Å². The van der Waals surface area contributed by atoms with Crippen LogP contribution in [0.5, 0.6) is 0 Å². The molecule has 0 aliphatic rings. The lowest BCUT2D eigenvalue weighted by Gasteiger charge is -2.11. The van der Waals surface area contributed by atoms with E-state index in [2.05, 4.69) is 23.8 Å². The molecule has 0 bridgehead atoms. The first-order valence-electron chi connectivity index (χ1n) is 7.22. The molecule has 2 aromatic carbocycles. The van der Waals surface area contributed by atoms with E-state index >= 15 is 0 Å². The molecule has 114 valence electrons. The maximum absolute atomic E-state index is 12.8. The van der Waals surface area contributed by atoms with E-state index < -0.39 is 0 Å². The standard InChI is InChI=1S/C18H20FN3/c1-3-4-13(2)22-18-10-9-16(11-17(18)20)21-12-14-5-7-15(19)8-6-14/h5-12,22H,2-4,20H2,1H3.